The minimum absolute atomic E-state index is 0.0344. The number of nitrogens with one attached hydrogen (secondary N) is 1. The highest BCUT2D eigenvalue weighted by atomic mass is 79.9. The van der Waals surface area contributed by atoms with E-state index in [0.29, 0.717) is 12.2 Å². The zero-order valence-electron chi connectivity index (χ0n) is 10.5. The quantitative estimate of drug-likeness (QED) is 0.885. The van der Waals surface area contributed by atoms with Crippen LogP contribution in [0, 0.1) is 5.82 Å². The van der Waals surface area contributed by atoms with Crippen LogP contribution in [0.25, 0.3) is 0 Å². The van der Waals surface area contributed by atoms with Crippen LogP contribution in [-0.2, 0) is 4.74 Å². The molecule has 0 heterocycles. The second-order valence-corrected chi connectivity index (χ2v) is 5.38. The summed E-state index contributed by atoms with van der Waals surface area (Å²) in [6, 6.07) is 3.86. The molecule has 1 fully saturated rings. The number of carbonyl (C=O) groups is 1. The first-order valence-electron chi connectivity index (χ1n) is 6.16. The average molecular weight is 331 g/mol. The van der Waals surface area contributed by atoms with Crippen molar-refractivity contribution in [3.8, 4) is 0 Å². The van der Waals surface area contributed by atoms with Crippen LogP contribution in [0.4, 0.5) is 4.39 Å². The molecule has 1 aromatic rings. The highest BCUT2D eigenvalue weighted by Gasteiger charge is 2.40. The Hall–Kier alpha value is -0.980. The van der Waals surface area contributed by atoms with Crippen molar-refractivity contribution in [2.45, 2.75) is 31.5 Å². The zero-order chi connectivity index (χ0) is 14.0. The van der Waals surface area contributed by atoms with E-state index in [4.69, 9.17) is 10.5 Å². The monoisotopic (exact) mass is 330 g/mol. The Morgan fingerprint density at radius 1 is 1.63 bits per heavy atom. The molecule has 19 heavy (non-hydrogen) atoms. The van der Waals surface area contributed by atoms with Crippen LogP contribution < -0.4 is 11.1 Å². The lowest BCUT2D eigenvalue weighted by Crippen LogP contribution is -2.64. The Bertz CT molecular complexity index is 482. The van der Waals surface area contributed by atoms with Crippen molar-refractivity contribution >= 4 is 21.8 Å². The molecule has 4 nitrogen and oxygen atoms in total. The Kier molecular flexibility index (Phi) is 4.54. The predicted molar refractivity (Wildman–Crippen MR) is 73.4 cm³/mol. The Morgan fingerprint density at radius 2 is 2.37 bits per heavy atom. The van der Waals surface area contributed by atoms with Gasteiger partial charge in [-0.25, -0.2) is 4.39 Å². The largest absolute Gasteiger partial charge is 0.376 e. The summed E-state index contributed by atoms with van der Waals surface area (Å²) in [6.07, 6.45) is 0.708. The molecule has 1 aromatic carbocycles. The third-order valence-electron chi connectivity index (χ3n) is 3.23. The number of halogens is 2. The first kappa shape index (κ1) is 14.4. The Morgan fingerprint density at radius 3 is 2.95 bits per heavy atom. The summed E-state index contributed by atoms with van der Waals surface area (Å²) >= 11 is 3.06. The van der Waals surface area contributed by atoms with Crippen LogP contribution in [0.1, 0.15) is 23.7 Å². The predicted octanol–water partition coefficient (Wildman–Crippen LogP) is 1.82. The van der Waals surface area contributed by atoms with Crippen molar-refractivity contribution < 1.29 is 13.9 Å². The summed E-state index contributed by atoms with van der Waals surface area (Å²) < 4.78 is 18.8. The zero-order valence-corrected chi connectivity index (χ0v) is 12.1. The smallest absolute Gasteiger partial charge is 0.251 e. The lowest BCUT2D eigenvalue weighted by atomic mass is 9.83. The molecule has 104 valence electrons. The summed E-state index contributed by atoms with van der Waals surface area (Å²) in [7, 11) is 0. The molecular formula is C13H16BrFN2O2. The van der Waals surface area contributed by atoms with E-state index in [9.17, 15) is 9.18 Å². The van der Waals surface area contributed by atoms with E-state index >= 15 is 0 Å². The molecule has 3 N–H and O–H groups in total. The van der Waals surface area contributed by atoms with Gasteiger partial charge in [0.05, 0.1) is 16.6 Å². The van der Waals surface area contributed by atoms with Crippen LogP contribution in [0.3, 0.4) is 0 Å². The number of carbonyl (C=O) groups excluding carboxylic acids is 1. The molecular weight excluding hydrogens is 315 g/mol. The lowest BCUT2D eigenvalue weighted by Gasteiger charge is -2.42. The molecule has 0 aliphatic heterocycles. The van der Waals surface area contributed by atoms with Gasteiger partial charge >= 0.3 is 0 Å². The molecule has 0 saturated heterocycles. The molecule has 6 heteroatoms. The topological polar surface area (TPSA) is 64.3 Å². The third-order valence-corrected chi connectivity index (χ3v) is 3.83. The van der Waals surface area contributed by atoms with E-state index < -0.39 is 5.82 Å². The minimum atomic E-state index is -0.399. The highest BCUT2D eigenvalue weighted by molar-refractivity contribution is 9.10. The van der Waals surface area contributed by atoms with Gasteiger partial charge in [0.15, 0.2) is 0 Å². The van der Waals surface area contributed by atoms with E-state index in [0.717, 1.165) is 6.42 Å². The van der Waals surface area contributed by atoms with Crippen LogP contribution in [0.15, 0.2) is 22.7 Å². The van der Waals surface area contributed by atoms with Gasteiger partial charge in [-0.2, -0.15) is 0 Å². The van der Waals surface area contributed by atoms with Gasteiger partial charge in [-0.05, 0) is 47.5 Å². The lowest BCUT2D eigenvalue weighted by molar-refractivity contribution is -0.0300. The van der Waals surface area contributed by atoms with E-state index in [1.54, 1.807) is 0 Å². The number of ether oxygens (including phenoxy) is 1. The maximum absolute atomic E-state index is 13.1. The molecule has 0 bridgehead atoms. The van der Waals surface area contributed by atoms with E-state index in [-0.39, 0.29) is 28.6 Å². The SMILES string of the molecule is CCOC1CC(N)C1NC(=O)c1ccc(F)c(Br)c1. The maximum Gasteiger partial charge on any atom is 0.251 e. The van der Waals surface area contributed by atoms with Gasteiger partial charge < -0.3 is 15.8 Å². The van der Waals surface area contributed by atoms with Crippen LogP contribution in [0.2, 0.25) is 0 Å². The van der Waals surface area contributed by atoms with Gasteiger partial charge in [-0.15, -0.1) is 0 Å². The Labute approximate surface area is 119 Å². The van der Waals surface area contributed by atoms with E-state index in [1.165, 1.54) is 18.2 Å². The minimum Gasteiger partial charge on any atom is -0.376 e. The number of hydrogen-bond donors (Lipinski definition) is 2. The molecule has 0 spiro atoms. The molecule has 0 aromatic heterocycles. The van der Waals surface area contributed by atoms with Crippen molar-refractivity contribution in [1.29, 1.82) is 0 Å². The summed E-state index contributed by atoms with van der Waals surface area (Å²) in [4.78, 5) is 12.0. The first-order chi connectivity index (χ1) is 9.02. The molecule has 1 amide bonds. The van der Waals surface area contributed by atoms with E-state index in [1.807, 2.05) is 6.92 Å². The summed E-state index contributed by atoms with van der Waals surface area (Å²) in [5.41, 5.74) is 6.25. The fourth-order valence-electron chi connectivity index (χ4n) is 2.10. The van der Waals surface area contributed by atoms with Crippen molar-refractivity contribution in [1.82, 2.24) is 5.32 Å². The fraction of sp³-hybridized carbons (Fsp3) is 0.462. The standard InChI is InChI=1S/C13H16BrFN2O2/c1-2-19-11-6-10(16)12(11)17-13(18)7-3-4-9(15)8(14)5-7/h3-5,10-12H,2,6,16H2,1H3,(H,17,18). The molecule has 1 aliphatic rings. The molecule has 3 unspecified atom stereocenters. The summed E-state index contributed by atoms with van der Waals surface area (Å²) in [5, 5.41) is 2.83. The summed E-state index contributed by atoms with van der Waals surface area (Å²) in [6.45, 7) is 2.49. The maximum atomic E-state index is 13.1. The van der Waals surface area contributed by atoms with Gasteiger partial charge in [0.2, 0.25) is 0 Å². The molecule has 0 radical (unpaired) electrons. The van der Waals surface area contributed by atoms with Crippen molar-refractivity contribution in [2.24, 2.45) is 5.73 Å². The van der Waals surface area contributed by atoms with Crippen LogP contribution >= 0.6 is 15.9 Å². The number of hydrogen-bond acceptors (Lipinski definition) is 3. The van der Waals surface area contributed by atoms with Crippen molar-refractivity contribution in [2.75, 3.05) is 6.61 Å². The normalized spacial score (nSPS) is 25.8. The second kappa shape index (κ2) is 5.98. The van der Waals surface area contributed by atoms with Crippen LogP contribution in [-0.4, -0.2) is 30.7 Å². The second-order valence-electron chi connectivity index (χ2n) is 4.52. The number of amides is 1. The van der Waals surface area contributed by atoms with Crippen LogP contribution in [0.5, 0.6) is 0 Å². The number of rotatable bonds is 4. The van der Waals surface area contributed by atoms with Gasteiger partial charge in [0.1, 0.15) is 5.82 Å². The average Bonchev–Trinajstić information content (AvgIpc) is 2.38. The van der Waals surface area contributed by atoms with Gasteiger partial charge in [-0.3, -0.25) is 4.79 Å². The fourth-order valence-corrected chi connectivity index (χ4v) is 2.48. The number of benzene rings is 1. The van der Waals surface area contributed by atoms with Crippen molar-refractivity contribution in [3.05, 3.63) is 34.1 Å². The van der Waals surface area contributed by atoms with Gasteiger partial charge in [0.25, 0.3) is 5.91 Å². The number of nitrogens with two attached hydrogens (primary N) is 1. The molecule has 2 rings (SSSR count). The third kappa shape index (κ3) is 3.13. The summed E-state index contributed by atoms with van der Waals surface area (Å²) in [5.74, 6) is -0.672. The first-order valence-corrected chi connectivity index (χ1v) is 6.95. The molecule has 1 saturated carbocycles. The highest BCUT2D eigenvalue weighted by Crippen LogP contribution is 2.23. The Balaban J connectivity index is 2.02. The van der Waals surface area contributed by atoms with Crippen molar-refractivity contribution in [3.63, 3.8) is 0 Å². The van der Waals surface area contributed by atoms with Gasteiger partial charge in [0, 0.05) is 18.2 Å². The molecule has 3 atom stereocenters. The van der Waals surface area contributed by atoms with E-state index in [2.05, 4.69) is 21.2 Å². The van der Waals surface area contributed by atoms with Gasteiger partial charge in [-0.1, -0.05) is 0 Å². The molecule has 1 aliphatic carbocycles.